The van der Waals surface area contributed by atoms with Gasteiger partial charge in [-0.2, -0.15) is 5.26 Å². The Morgan fingerprint density at radius 1 is 1.35 bits per heavy atom. The maximum Gasteiger partial charge on any atom is 0.405 e. The number of pyridine rings is 1. The summed E-state index contributed by atoms with van der Waals surface area (Å²) in [6.45, 7) is 5.10. The Bertz CT molecular complexity index is 1170. The molecule has 1 amide bonds. The Balaban J connectivity index is 1.75. The number of nitrogens with zero attached hydrogens (tertiary/aromatic N) is 5. The van der Waals surface area contributed by atoms with Crippen molar-refractivity contribution in [2.24, 2.45) is 0 Å². The molecule has 0 unspecified atom stereocenters. The number of halogens is 1. The molecule has 9 heteroatoms. The van der Waals surface area contributed by atoms with E-state index < -0.39 is 18.3 Å². The van der Waals surface area contributed by atoms with E-state index in [1.807, 2.05) is 29.4 Å². The highest BCUT2D eigenvalue weighted by Gasteiger charge is 2.32. The molecule has 8 nitrogen and oxygen atoms in total. The van der Waals surface area contributed by atoms with Gasteiger partial charge in [-0.1, -0.05) is 0 Å². The lowest BCUT2D eigenvalue weighted by Crippen LogP contribution is -2.54. The number of nitrogens with one attached hydrogen (secondary N) is 1. The highest BCUT2D eigenvalue weighted by atomic mass is 19.1. The molecule has 2 aromatic heterocycles. The quantitative estimate of drug-likeness (QED) is 0.669. The Morgan fingerprint density at radius 2 is 2.13 bits per heavy atom. The first-order valence-electron chi connectivity index (χ1n) is 10.1. The minimum atomic E-state index is -1.24. The first-order chi connectivity index (χ1) is 14.9. The number of benzene rings is 1. The molecule has 0 aliphatic carbocycles. The fraction of sp³-hybridized carbons (Fsp3) is 0.364. The Labute approximate surface area is 178 Å². The number of rotatable bonds is 4. The number of amides is 1. The third kappa shape index (κ3) is 4.14. The molecule has 2 atom stereocenters. The van der Waals surface area contributed by atoms with Gasteiger partial charge in [0.25, 0.3) is 0 Å². The van der Waals surface area contributed by atoms with Crippen LogP contribution in [0.25, 0.3) is 11.0 Å². The van der Waals surface area contributed by atoms with Crippen molar-refractivity contribution in [1.82, 2.24) is 19.9 Å². The molecular weight excluding hydrogens is 399 g/mol. The number of hydrogen-bond acceptors (Lipinski definition) is 5. The summed E-state index contributed by atoms with van der Waals surface area (Å²) in [5, 5.41) is 20.4. The first kappa shape index (κ1) is 20.6. The van der Waals surface area contributed by atoms with E-state index in [9.17, 15) is 9.18 Å². The van der Waals surface area contributed by atoms with Crippen molar-refractivity contribution in [3.05, 3.63) is 52.8 Å². The number of alkyl halides is 1. The van der Waals surface area contributed by atoms with Crippen molar-refractivity contribution in [3.8, 4) is 6.07 Å². The van der Waals surface area contributed by atoms with Crippen LogP contribution in [0.5, 0.6) is 0 Å². The second-order valence-electron chi connectivity index (χ2n) is 7.88. The number of aryl methyl sites for hydroxylation is 2. The Kier molecular flexibility index (Phi) is 5.46. The zero-order chi connectivity index (χ0) is 22.1. The molecule has 0 radical (unpaired) electrons. The first-order valence-corrected chi connectivity index (χ1v) is 10.1. The molecule has 3 aromatic rings. The van der Waals surface area contributed by atoms with Gasteiger partial charge in [-0.15, -0.1) is 0 Å². The summed E-state index contributed by atoms with van der Waals surface area (Å²) in [5.74, 6) is 0.648. The summed E-state index contributed by atoms with van der Waals surface area (Å²) in [5.41, 5.74) is 5.23. The van der Waals surface area contributed by atoms with Crippen molar-refractivity contribution >= 4 is 23.1 Å². The summed E-state index contributed by atoms with van der Waals surface area (Å²) in [7, 11) is 0. The molecule has 0 spiro atoms. The number of imidazole rings is 1. The second-order valence-corrected chi connectivity index (χ2v) is 7.88. The topological polar surface area (TPSA) is 107 Å². The molecule has 1 saturated heterocycles. The fourth-order valence-electron chi connectivity index (χ4n) is 3.91. The molecule has 1 aliphatic heterocycles. The van der Waals surface area contributed by atoms with Gasteiger partial charge in [0.05, 0.1) is 34.9 Å². The lowest BCUT2D eigenvalue weighted by Gasteiger charge is -2.35. The van der Waals surface area contributed by atoms with Crippen LogP contribution >= 0.6 is 0 Å². The average Bonchev–Trinajstić information content (AvgIpc) is 3.07. The smallest absolute Gasteiger partial charge is 0.405 e. The van der Waals surface area contributed by atoms with Crippen molar-refractivity contribution < 1.29 is 14.3 Å². The van der Waals surface area contributed by atoms with Gasteiger partial charge in [0.1, 0.15) is 12.2 Å². The van der Waals surface area contributed by atoms with Crippen molar-refractivity contribution in [3.63, 3.8) is 0 Å². The van der Waals surface area contributed by atoms with Crippen molar-refractivity contribution in [2.45, 2.75) is 39.0 Å². The van der Waals surface area contributed by atoms with E-state index in [1.54, 1.807) is 12.1 Å². The van der Waals surface area contributed by atoms with Crippen LogP contribution in [-0.2, 0) is 6.54 Å². The zero-order valence-electron chi connectivity index (χ0n) is 17.3. The molecule has 1 fully saturated rings. The zero-order valence-corrected chi connectivity index (χ0v) is 17.3. The highest BCUT2D eigenvalue weighted by molar-refractivity contribution is 5.81. The summed E-state index contributed by atoms with van der Waals surface area (Å²) >= 11 is 0. The van der Waals surface area contributed by atoms with Crippen LogP contribution in [0.1, 0.15) is 28.8 Å². The third-order valence-electron chi connectivity index (χ3n) is 5.74. The van der Waals surface area contributed by atoms with Crippen LogP contribution in [0.2, 0.25) is 0 Å². The number of fused-ring (bicyclic) bond motifs is 1. The summed E-state index contributed by atoms with van der Waals surface area (Å²) in [6, 6.07) is 8.85. The number of nitriles is 1. The van der Waals surface area contributed by atoms with E-state index in [1.165, 1.54) is 6.20 Å². The summed E-state index contributed by atoms with van der Waals surface area (Å²) < 4.78 is 16.3. The van der Waals surface area contributed by atoms with Crippen LogP contribution in [-0.4, -0.2) is 51.0 Å². The Morgan fingerprint density at radius 3 is 2.81 bits per heavy atom. The summed E-state index contributed by atoms with van der Waals surface area (Å²) in [6.07, 6.45) is -0.738. The van der Waals surface area contributed by atoms with Gasteiger partial charge in [-0.05, 0) is 55.7 Å². The van der Waals surface area contributed by atoms with Crippen molar-refractivity contribution in [2.75, 3.05) is 18.0 Å². The highest BCUT2D eigenvalue weighted by Crippen LogP contribution is 2.29. The molecule has 0 saturated carbocycles. The van der Waals surface area contributed by atoms with Gasteiger partial charge in [-0.25, -0.2) is 14.2 Å². The normalized spacial score (nSPS) is 18.7. The number of hydrogen-bond donors (Lipinski definition) is 2. The van der Waals surface area contributed by atoms with Crippen LogP contribution in [0, 0.1) is 25.2 Å². The van der Waals surface area contributed by atoms with E-state index in [0.717, 1.165) is 27.9 Å². The molecular formula is C22H23FN6O2. The molecule has 2 N–H and O–H groups in total. The molecule has 1 aliphatic rings. The van der Waals surface area contributed by atoms with E-state index in [-0.39, 0.29) is 13.0 Å². The maximum absolute atomic E-state index is 14.3. The van der Waals surface area contributed by atoms with Crippen molar-refractivity contribution in [1.29, 1.82) is 5.26 Å². The monoisotopic (exact) mass is 422 g/mol. The molecule has 4 rings (SSSR count). The molecule has 1 aromatic carbocycles. The van der Waals surface area contributed by atoms with Gasteiger partial charge in [0.15, 0.2) is 0 Å². The van der Waals surface area contributed by atoms with E-state index in [4.69, 9.17) is 15.4 Å². The maximum atomic E-state index is 14.3. The van der Waals surface area contributed by atoms with Gasteiger partial charge in [0.2, 0.25) is 5.95 Å². The number of piperidine rings is 1. The standard InChI is InChI=1S/C22H23FN6O2/c1-13-7-18-20(8-14(13)2)29(11-16-4-3-15(9-24)10-25-16)21(26-18)28-6-5-17(23)19(12-28)27-22(30)31/h3-4,7-8,10,17,19,27H,5-6,11-12H2,1-2H3,(H,30,31)/t17-,19-/m1/s1. The van der Waals surface area contributed by atoms with E-state index in [2.05, 4.69) is 22.4 Å². The Hall–Kier alpha value is -3.67. The van der Waals surface area contributed by atoms with Gasteiger partial charge >= 0.3 is 6.09 Å². The SMILES string of the molecule is Cc1cc2nc(N3CC[C@@H](F)[C@H](NC(=O)O)C3)n(Cc3ccc(C#N)cn3)c2cc1C. The van der Waals surface area contributed by atoms with Crippen LogP contribution in [0.4, 0.5) is 15.1 Å². The minimum Gasteiger partial charge on any atom is -0.465 e. The number of anilines is 1. The molecule has 3 heterocycles. The van der Waals surface area contributed by atoms with E-state index in [0.29, 0.717) is 24.6 Å². The average molecular weight is 422 g/mol. The largest absolute Gasteiger partial charge is 0.465 e. The fourth-order valence-corrected chi connectivity index (χ4v) is 3.91. The third-order valence-corrected chi connectivity index (χ3v) is 5.74. The predicted molar refractivity (Wildman–Crippen MR) is 114 cm³/mol. The van der Waals surface area contributed by atoms with Gasteiger partial charge in [-0.3, -0.25) is 4.98 Å². The molecule has 160 valence electrons. The molecule has 31 heavy (non-hydrogen) atoms. The van der Waals surface area contributed by atoms with Crippen LogP contribution in [0.15, 0.2) is 30.5 Å². The van der Waals surface area contributed by atoms with Crippen LogP contribution in [0.3, 0.4) is 0 Å². The number of aromatic nitrogens is 3. The van der Waals surface area contributed by atoms with Gasteiger partial charge in [0, 0.05) is 19.3 Å². The predicted octanol–water partition coefficient (Wildman–Crippen LogP) is 3.15. The lowest BCUT2D eigenvalue weighted by molar-refractivity contribution is 0.167. The number of carbonyl (C=O) groups is 1. The lowest BCUT2D eigenvalue weighted by atomic mass is 10.0. The van der Waals surface area contributed by atoms with E-state index >= 15 is 0 Å². The van der Waals surface area contributed by atoms with Crippen LogP contribution < -0.4 is 10.2 Å². The minimum absolute atomic E-state index is 0.190. The second kappa shape index (κ2) is 8.22. The molecule has 0 bridgehead atoms. The number of carboxylic acid groups (broad SMARTS) is 1. The van der Waals surface area contributed by atoms with Gasteiger partial charge < -0.3 is 19.9 Å². The summed E-state index contributed by atoms with van der Waals surface area (Å²) in [4.78, 5) is 22.2.